The van der Waals surface area contributed by atoms with Crippen LogP contribution in [0.4, 0.5) is 10.2 Å². The van der Waals surface area contributed by atoms with Crippen molar-refractivity contribution < 1.29 is 18.7 Å². The summed E-state index contributed by atoms with van der Waals surface area (Å²) in [4.78, 5) is 16.8. The maximum atomic E-state index is 13.3. The largest absolute Gasteiger partial charge is 0.382 e. The van der Waals surface area contributed by atoms with Crippen LogP contribution in [0.15, 0.2) is 60.9 Å². The minimum absolute atomic E-state index is 0.0945. The summed E-state index contributed by atoms with van der Waals surface area (Å²) in [5, 5.41) is 2.87. The van der Waals surface area contributed by atoms with Crippen LogP contribution in [0, 0.1) is 5.82 Å². The molecule has 1 aromatic heterocycles. The number of amides is 1. The van der Waals surface area contributed by atoms with Crippen molar-refractivity contribution in [2.24, 2.45) is 0 Å². The standard InChI is InChI=1S/C21H22FN3O3/c1-27-11-12-28-14-19(26)24-21-20(17-7-9-18(22)10-8-17)23-15-25(21)13-16-5-3-2-4-6-16/h2-10,15H,11-14H2,1H3,(H,24,26). The zero-order valence-electron chi connectivity index (χ0n) is 15.6. The van der Waals surface area contributed by atoms with Crippen molar-refractivity contribution in [3.8, 4) is 11.3 Å². The Hall–Kier alpha value is -3.03. The fourth-order valence-corrected chi connectivity index (χ4v) is 2.71. The van der Waals surface area contributed by atoms with Crippen LogP contribution in [0.25, 0.3) is 11.3 Å². The highest BCUT2D eigenvalue weighted by atomic mass is 19.1. The van der Waals surface area contributed by atoms with Gasteiger partial charge in [-0.05, 0) is 29.8 Å². The number of methoxy groups -OCH3 is 1. The molecular formula is C21H22FN3O3. The molecule has 0 fully saturated rings. The summed E-state index contributed by atoms with van der Waals surface area (Å²) in [5.74, 6) is -0.0883. The Kier molecular flexibility index (Phi) is 6.89. The van der Waals surface area contributed by atoms with Crippen LogP contribution < -0.4 is 5.32 Å². The van der Waals surface area contributed by atoms with E-state index in [2.05, 4.69) is 10.3 Å². The molecule has 0 spiro atoms. The van der Waals surface area contributed by atoms with E-state index < -0.39 is 0 Å². The maximum Gasteiger partial charge on any atom is 0.251 e. The molecule has 6 nitrogen and oxygen atoms in total. The summed E-state index contributed by atoms with van der Waals surface area (Å²) in [6, 6.07) is 15.8. The number of nitrogens with one attached hydrogen (secondary N) is 1. The van der Waals surface area contributed by atoms with Crippen LogP contribution in [0.1, 0.15) is 5.56 Å². The molecule has 0 unspecified atom stereocenters. The summed E-state index contributed by atoms with van der Waals surface area (Å²) in [6.45, 7) is 1.19. The van der Waals surface area contributed by atoms with Crippen LogP contribution in [0.3, 0.4) is 0 Å². The summed E-state index contributed by atoms with van der Waals surface area (Å²) < 4.78 is 25.3. The van der Waals surface area contributed by atoms with Gasteiger partial charge in [0.25, 0.3) is 5.91 Å². The first-order valence-corrected chi connectivity index (χ1v) is 8.89. The molecule has 28 heavy (non-hydrogen) atoms. The van der Waals surface area contributed by atoms with E-state index in [-0.39, 0.29) is 18.3 Å². The third-order valence-corrected chi connectivity index (χ3v) is 4.07. The predicted octanol–water partition coefficient (Wildman–Crippen LogP) is 3.34. The fourth-order valence-electron chi connectivity index (χ4n) is 2.71. The Balaban J connectivity index is 1.83. The second-order valence-corrected chi connectivity index (χ2v) is 6.16. The van der Waals surface area contributed by atoms with E-state index in [4.69, 9.17) is 9.47 Å². The molecule has 0 saturated heterocycles. The molecule has 1 N–H and O–H groups in total. The van der Waals surface area contributed by atoms with Gasteiger partial charge in [-0.15, -0.1) is 0 Å². The number of carbonyl (C=O) groups excluding carboxylic acids is 1. The van der Waals surface area contributed by atoms with Gasteiger partial charge in [-0.3, -0.25) is 4.79 Å². The number of aromatic nitrogens is 2. The molecule has 146 valence electrons. The molecule has 0 saturated carbocycles. The Bertz CT molecular complexity index is 895. The second-order valence-electron chi connectivity index (χ2n) is 6.16. The SMILES string of the molecule is COCCOCC(=O)Nc1c(-c2ccc(F)cc2)ncn1Cc1ccccc1. The van der Waals surface area contributed by atoms with Crippen molar-refractivity contribution in [3.63, 3.8) is 0 Å². The minimum Gasteiger partial charge on any atom is -0.382 e. The zero-order valence-corrected chi connectivity index (χ0v) is 15.6. The number of hydrogen-bond acceptors (Lipinski definition) is 4. The van der Waals surface area contributed by atoms with E-state index in [1.54, 1.807) is 25.6 Å². The summed E-state index contributed by atoms with van der Waals surface area (Å²) in [7, 11) is 1.57. The number of carbonyl (C=O) groups is 1. The molecule has 0 aliphatic heterocycles. The van der Waals surface area contributed by atoms with Gasteiger partial charge in [-0.1, -0.05) is 30.3 Å². The lowest BCUT2D eigenvalue weighted by molar-refractivity contribution is -0.121. The van der Waals surface area contributed by atoms with Gasteiger partial charge in [0.1, 0.15) is 23.9 Å². The maximum absolute atomic E-state index is 13.3. The highest BCUT2D eigenvalue weighted by Crippen LogP contribution is 2.27. The summed E-state index contributed by atoms with van der Waals surface area (Å²) in [6.07, 6.45) is 1.66. The van der Waals surface area contributed by atoms with Gasteiger partial charge in [0, 0.05) is 12.7 Å². The lowest BCUT2D eigenvalue weighted by atomic mass is 10.1. The summed E-state index contributed by atoms with van der Waals surface area (Å²) >= 11 is 0. The van der Waals surface area contributed by atoms with E-state index in [0.29, 0.717) is 36.8 Å². The van der Waals surface area contributed by atoms with Gasteiger partial charge in [0.2, 0.25) is 0 Å². The molecular weight excluding hydrogens is 361 g/mol. The number of anilines is 1. The van der Waals surface area contributed by atoms with Crippen molar-refractivity contribution in [1.82, 2.24) is 9.55 Å². The number of rotatable bonds is 9. The van der Waals surface area contributed by atoms with E-state index >= 15 is 0 Å². The molecule has 0 bridgehead atoms. The molecule has 3 rings (SSSR count). The Labute approximate surface area is 162 Å². The third-order valence-electron chi connectivity index (χ3n) is 4.07. The molecule has 0 aliphatic carbocycles. The quantitative estimate of drug-likeness (QED) is 0.576. The third kappa shape index (κ3) is 5.25. The van der Waals surface area contributed by atoms with Crippen molar-refractivity contribution in [3.05, 3.63) is 72.3 Å². The second kappa shape index (κ2) is 9.77. The normalized spacial score (nSPS) is 10.8. The summed E-state index contributed by atoms with van der Waals surface area (Å²) in [5.41, 5.74) is 2.35. The average molecular weight is 383 g/mol. The van der Waals surface area contributed by atoms with Gasteiger partial charge in [0.15, 0.2) is 0 Å². The Morgan fingerprint density at radius 2 is 1.86 bits per heavy atom. The predicted molar refractivity (Wildman–Crippen MR) is 104 cm³/mol. The minimum atomic E-state index is -0.329. The topological polar surface area (TPSA) is 65.4 Å². The van der Waals surface area contributed by atoms with Crippen LogP contribution in [0.5, 0.6) is 0 Å². The first kappa shape index (κ1) is 19.7. The van der Waals surface area contributed by atoms with Crippen LogP contribution in [0.2, 0.25) is 0 Å². The van der Waals surface area contributed by atoms with Crippen LogP contribution in [-0.2, 0) is 20.8 Å². The number of hydrogen-bond donors (Lipinski definition) is 1. The molecule has 0 atom stereocenters. The van der Waals surface area contributed by atoms with Crippen molar-refractivity contribution in [2.45, 2.75) is 6.54 Å². The van der Waals surface area contributed by atoms with E-state index in [1.165, 1.54) is 12.1 Å². The van der Waals surface area contributed by atoms with Crippen molar-refractivity contribution in [1.29, 1.82) is 0 Å². The molecule has 7 heteroatoms. The lowest BCUT2D eigenvalue weighted by Crippen LogP contribution is -2.22. The van der Waals surface area contributed by atoms with Crippen LogP contribution >= 0.6 is 0 Å². The van der Waals surface area contributed by atoms with Crippen LogP contribution in [-0.4, -0.2) is 42.4 Å². The molecule has 1 heterocycles. The molecule has 2 aromatic carbocycles. The van der Waals surface area contributed by atoms with E-state index in [9.17, 15) is 9.18 Å². The van der Waals surface area contributed by atoms with Gasteiger partial charge in [-0.25, -0.2) is 9.37 Å². The zero-order chi connectivity index (χ0) is 19.8. The van der Waals surface area contributed by atoms with Gasteiger partial charge >= 0.3 is 0 Å². The molecule has 0 radical (unpaired) electrons. The fraction of sp³-hybridized carbons (Fsp3) is 0.238. The Morgan fingerprint density at radius 3 is 2.57 bits per heavy atom. The monoisotopic (exact) mass is 383 g/mol. The van der Waals surface area contributed by atoms with Crippen molar-refractivity contribution in [2.75, 3.05) is 32.2 Å². The van der Waals surface area contributed by atoms with Gasteiger partial charge in [0.05, 0.1) is 26.1 Å². The highest BCUT2D eigenvalue weighted by Gasteiger charge is 2.16. The lowest BCUT2D eigenvalue weighted by Gasteiger charge is -2.12. The number of imidazole rings is 1. The van der Waals surface area contributed by atoms with E-state index in [0.717, 1.165) is 5.56 Å². The molecule has 1 amide bonds. The van der Waals surface area contributed by atoms with Gasteiger partial charge < -0.3 is 19.4 Å². The smallest absolute Gasteiger partial charge is 0.251 e. The average Bonchev–Trinajstić information content (AvgIpc) is 3.09. The van der Waals surface area contributed by atoms with E-state index in [1.807, 2.05) is 34.9 Å². The number of ether oxygens (including phenoxy) is 2. The number of nitrogens with zero attached hydrogens (tertiary/aromatic N) is 2. The number of halogens is 1. The first-order chi connectivity index (χ1) is 13.7. The van der Waals surface area contributed by atoms with Crippen molar-refractivity contribution >= 4 is 11.7 Å². The van der Waals surface area contributed by atoms with Gasteiger partial charge in [-0.2, -0.15) is 0 Å². The molecule has 3 aromatic rings. The Morgan fingerprint density at radius 1 is 1.11 bits per heavy atom. The molecule has 0 aliphatic rings. The number of benzene rings is 2. The highest BCUT2D eigenvalue weighted by molar-refractivity contribution is 5.94. The first-order valence-electron chi connectivity index (χ1n) is 8.89.